The van der Waals surface area contributed by atoms with E-state index in [1.165, 1.54) is 69.6 Å². The van der Waals surface area contributed by atoms with Gasteiger partial charge in [0.05, 0.1) is 17.1 Å². The maximum Gasteiger partial charge on any atom is 0.0840 e. The van der Waals surface area contributed by atoms with E-state index in [1.807, 2.05) is 0 Å². The van der Waals surface area contributed by atoms with Crippen LogP contribution in [0.5, 0.6) is 0 Å². The molecule has 3 aromatic carbocycles. The number of allylic oxidation sites excluding steroid dienone is 4. The molecule has 3 aliphatic rings. The quantitative estimate of drug-likeness (QED) is 0.412. The van der Waals surface area contributed by atoms with Crippen LogP contribution in [0.15, 0.2) is 102 Å². The molecule has 1 heterocycles. The van der Waals surface area contributed by atoms with Crippen molar-refractivity contribution in [2.45, 2.75) is 39.0 Å². The zero-order chi connectivity index (χ0) is 23.6. The number of rotatable bonds is 5. The van der Waals surface area contributed by atoms with Crippen LogP contribution in [0.3, 0.4) is 0 Å². The molecule has 0 bridgehead atoms. The van der Waals surface area contributed by atoms with Crippen molar-refractivity contribution in [1.82, 2.24) is 11.0 Å². The van der Waals surface area contributed by atoms with Crippen molar-refractivity contribution in [2.24, 2.45) is 0 Å². The third-order valence-corrected chi connectivity index (χ3v) is 7.12. The molecule has 0 saturated carbocycles. The number of nitrogens with zero attached hydrogens (tertiary/aromatic N) is 1. The number of hydrogen-bond donors (Lipinski definition) is 2. The molecule has 6 rings (SSSR count). The standard InChI is InChI=1S/C32H31N3/c1-23-8-10-24(11-9-23)12-13-25-14-16-26(17-15-25)20-27-4-2-7-31-32(21-27)35(34-33-31)30-19-18-28-5-3-6-29(28)22-30/h4,7-19,21-22,33-34H,2-3,5-6,20H2,1H3/b13-12+. The summed E-state index contributed by atoms with van der Waals surface area (Å²) in [5.74, 6) is 0. The summed E-state index contributed by atoms with van der Waals surface area (Å²) < 4.78 is 0. The first-order valence-corrected chi connectivity index (χ1v) is 12.6. The maximum atomic E-state index is 3.37. The van der Waals surface area contributed by atoms with E-state index in [4.69, 9.17) is 0 Å². The molecule has 2 N–H and O–H groups in total. The van der Waals surface area contributed by atoms with Gasteiger partial charge >= 0.3 is 0 Å². The summed E-state index contributed by atoms with van der Waals surface area (Å²) >= 11 is 0. The molecule has 2 aliphatic carbocycles. The van der Waals surface area contributed by atoms with Gasteiger partial charge in [-0.2, -0.15) is 0 Å². The van der Waals surface area contributed by atoms with Crippen LogP contribution in [0.4, 0.5) is 5.69 Å². The molecule has 3 heteroatoms. The van der Waals surface area contributed by atoms with Crippen LogP contribution in [-0.4, -0.2) is 0 Å². The topological polar surface area (TPSA) is 27.3 Å². The van der Waals surface area contributed by atoms with Crippen molar-refractivity contribution in [1.29, 1.82) is 0 Å². The Morgan fingerprint density at radius 1 is 0.829 bits per heavy atom. The number of anilines is 1. The van der Waals surface area contributed by atoms with Gasteiger partial charge in [-0.15, -0.1) is 5.53 Å². The van der Waals surface area contributed by atoms with Crippen molar-refractivity contribution in [2.75, 3.05) is 5.01 Å². The van der Waals surface area contributed by atoms with Gasteiger partial charge in [0, 0.05) is 0 Å². The van der Waals surface area contributed by atoms with Crippen molar-refractivity contribution in [3.05, 3.63) is 135 Å². The van der Waals surface area contributed by atoms with E-state index in [0.29, 0.717) is 0 Å². The van der Waals surface area contributed by atoms with Gasteiger partial charge in [-0.1, -0.05) is 84.5 Å². The highest BCUT2D eigenvalue weighted by Crippen LogP contribution is 2.32. The summed E-state index contributed by atoms with van der Waals surface area (Å²) in [4.78, 5) is 0. The third kappa shape index (κ3) is 4.73. The number of nitrogens with one attached hydrogen (secondary N) is 2. The number of aryl methyl sites for hydroxylation is 3. The summed E-state index contributed by atoms with van der Waals surface area (Å²) in [7, 11) is 0. The Labute approximate surface area is 208 Å². The van der Waals surface area contributed by atoms with Gasteiger partial charge in [0.1, 0.15) is 0 Å². The normalized spacial score (nSPS) is 16.8. The van der Waals surface area contributed by atoms with Crippen molar-refractivity contribution in [3.8, 4) is 0 Å². The summed E-state index contributed by atoms with van der Waals surface area (Å²) in [6.07, 6.45) is 16.8. The zero-order valence-corrected chi connectivity index (χ0v) is 20.2. The molecule has 0 radical (unpaired) electrons. The third-order valence-electron chi connectivity index (χ3n) is 7.12. The van der Waals surface area contributed by atoms with Crippen molar-refractivity contribution in [3.63, 3.8) is 0 Å². The molecular formula is C32H31N3. The molecule has 0 spiro atoms. The van der Waals surface area contributed by atoms with E-state index in [1.54, 1.807) is 0 Å². The van der Waals surface area contributed by atoms with Crippen LogP contribution in [-0.2, 0) is 19.3 Å². The van der Waals surface area contributed by atoms with E-state index < -0.39 is 0 Å². The van der Waals surface area contributed by atoms with Crippen molar-refractivity contribution < 1.29 is 0 Å². The number of fused-ring (bicyclic) bond motifs is 2. The number of benzene rings is 3. The molecule has 0 aromatic heterocycles. The molecule has 0 atom stereocenters. The molecule has 1 saturated heterocycles. The van der Waals surface area contributed by atoms with Crippen LogP contribution in [0.1, 0.15) is 46.2 Å². The predicted molar refractivity (Wildman–Crippen MR) is 146 cm³/mol. The monoisotopic (exact) mass is 457 g/mol. The minimum atomic E-state index is 0.921. The fraction of sp³-hybridized carbons (Fsp3) is 0.188. The molecule has 3 aromatic rings. The Morgan fingerprint density at radius 2 is 1.57 bits per heavy atom. The minimum absolute atomic E-state index is 0.921. The first-order chi connectivity index (χ1) is 17.2. The summed E-state index contributed by atoms with van der Waals surface area (Å²) in [5, 5.41) is 2.18. The van der Waals surface area contributed by atoms with Crippen LogP contribution in [0.25, 0.3) is 12.2 Å². The lowest BCUT2D eigenvalue weighted by molar-refractivity contribution is 0.680. The van der Waals surface area contributed by atoms with Gasteiger partial charge < -0.3 is 5.43 Å². The molecule has 174 valence electrons. The average Bonchev–Trinajstić information content (AvgIpc) is 3.46. The Morgan fingerprint density at radius 3 is 2.37 bits per heavy atom. The summed E-state index contributed by atoms with van der Waals surface area (Å²) in [6.45, 7) is 2.12. The largest absolute Gasteiger partial charge is 0.302 e. The number of hydrogen-bond acceptors (Lipinski definition) is 3. The highest BCUT2D eigenvalue weighted by Gasteiger charge is 2.25. The predicted octanol–water partition coefficient (Wildman–Crippen LogP) is 6.82. The molecule has 3 nitrogen and oxygen atoms in total. The van der Waals surface area contributed by atoms with E-state index >= 15 is 0 Å². The molecular weight excluding hydrogens is 426 g/mol. The molecule has 35 heavy (non-hydrogen) atoms. The lowest BCUT2D eigenvalue weighted by atomic mass is 10.0. The average molecular weight is 458 g/mol. The van der Waals surface area contributed by atoms with E-state index in [2.05, 4.69) is 120 Å². The lowest BCUT2D eigenvalue weighted by Crippen LogP contribution is -2.35. The highest BCUT2D eigenvalue weighted by molar-refractivity contribution is 5.70. The van der Waals surface area contributed by atoms with Crippen molar-refractivity contribution >= 4 is 17.8 Å². The summed E-state index contributed by atoms with van der Waals surface area (Å²) in [5.41, 5.74) is 19.7. The van der Waals surface area contributed by atoms with Gasteiger partial charge in [-0.25, -0.2) is 0 Å². The second kappa shape index (κ2) is 9.44. The van der Waals surface area contributed by atoms with Gasteiger partial charge in [0.15, 0.2) is 0 Å². The molecule has 0 unspecified atom stereocenters. The maximum absolute atomic E-state index is 3.37. The highest BCUT2D eigenvalue weighted by atomic mass is 15.7. The van der Waals surface area contributed by atoms with Gasteiger partial charge in [-0.05, 0) is 90.6 Å². The minimum Gasteiger partial charge on any atom is -0.302 e. The van der Waals surface area contributed by atoms with Crippen LogP contribution in [0.2, 0.25) is 0 Å². The van der Waals surface area contributed by atoms with E-state index in [0.717, 1.165) is 18.5 Å². The van der Waals surface area contributed by atoms with E-state index in [-0.39, 0.29) is 0 Å². The Bertz CT molecular complexity index is 1350. The fourth-order valence-corrected chi connectivity index (χ4v) is 5.10. The first kappa shape index (κ1) is 21.7. The SMILES string of the molecule is Cc1ccc(/C=C/c2ccc(CC3=CCC=C4NNN(c5ccc6c(c5)CCC6)C4=C3)cc2)cc1. The van der Waals surface area contributed by atoms with Crippen LogP contribution >= 0.6 is 0 Å². The Hall–Kier alpha value is -3.82. The van der Waals surface area contributed by atoms with Crippen LogP contribution < -0.4 is 16.0 Å². The van der Waals surface area contributed by atoms with Gasteiger partial charge in [-0.3, -0.25) is 5.01 Å². The Balaban J connectivity index is 1.18. The van der Waals surface area contributed by atoms with Gasteiger partial charge in [0.2, 0.25) is 0 Å². The second-order valence-corrected chi connectivity index (χ2v) is 9.70. The molecule has 1 fully saturated rings. The number of hydrazine groups is 2. The Kier molecular flexibility index (Phi) is 5.85. The lowest BCUT2D eigenvalue weighted by Gasteiger charge is -2.19. The van der Waals surface area contributed by atoms with Crippen LogP contribution in [0, 0.1) is 6.92 Å². The fourth-order valence-electron chi connectivity index (χ4n) is 5.10. The molecule has 0 amide bonds. The first-order valence-electron chi connectivity index (χ1n) is 12.6. The second-order valence-electron chi connectivity index (χ2n) is 9.70. The van der Waals surface area contributed by atoms with E-state index in [9.17, 15) is 0 Å². The summed E-state index contributed by atoms with van der Waals surface area (Å²) in [6, 6.07) is 24.4. The zero-order valence-electron chi connectivity index (χ0n) is 20.2. The molecule has 1 aliphatic heterocycles. The smallest absolute Gasteiger partial charge is 0.0840 e. The van der Waals surface area contributed by atoms with Gasteiger partial charge in [0.25, 0.3) is 0 Å².